The Kier molecular flexibility index (Phi) is 7.75. The third kappa shape index (κ3) is 6.04. The minimum Gasteiger partial charge on any atom is -0.483 e. The number of methoxy groups -OCH3 is 1. The summed E-state index contributed by atoms with van der Waals surface area (Å²) in [5.74, 6) is -1.24. The van der Waals surface area contributed by atoms with Crippen LogP contribution in [0.5, 0.6) is 11.6 Å². The summed E-state index contributed by atoms with van der Waals surface area (Å²) in [6, 6.07) is 5.27. The molecule has 1 aromatic heterocycles. The van der Waals surface area contributed by atoms with Crippen LogP contribution in [-0.2, 0) is 14.7 Å². The lowest BCUT2D eigenvalue weighted by atomic mass is 10.0. The second-order valence-electron chi connectivity index (χ2n) is 9.06. The molecule has 1 aliphatic heterocycles. The Morgan fingerprint density at radius 3 is 2.68 bits per heavy atom. The molecule has 0 spiro atoms. The van der Waals surface area contributed by atoms with E-state index in [2.05, 4.69) is 14.7 Å². The van der Waals surface area contributed by atoms with Gasteiger partial charge in [-0.25, -0.2) is 23.4 Å². The van der Waals surface area contributed by atoms with E-state index >= 15 is 4.39 Å². The second-order valence-corrected chi connectivity index (χ2v) is 11.5. The van der Waals surface area contributed by atoms with Crippen LogP contribution >= 0.6 is 11.6 Å². The third-order valence-corrected chi connectivity index (χ3v) is 7.91. The highest BCUT2D eigenvalue weighted by Gasteiger charge is 2.35. The standard InChI is InChI=1S/C25H28ClFN4O5S/c1-13(2)35-25-19(26)11-21(14(3)30-25)36-22-12-20(27)18(23(32)31-37(28,33)15-7-8-15)10-17(22)16-6-5-9-29-24(16)34-4/h5-6,9-15,21H,7-8H2,1-4H3,(H2,28,31,32,33). The van der Waals surface area contributed by atoms with Gasteiger partial charge in [-0.1, -0.05) is 11.6 Å². The average molecular weight is 551 g/mol. The quantitative estimate of drug-likeness (QED) is 0.484. The number of ether oxygens (including phenoxy) is 3. The number of carbonyl (C=O) groups is 1. The van der Waals surface area contributed by atoms with Crippen molar-refractivity contribution in [1.29, 1.82) is 4.78 Å². The SMILES string of the molecule is COc1ncccc1-c1cc(C(=O)NS(=N)(=O)C2CC2)c(F)cc1OC1C=C(Cl)C(OC(C)C)=NC1C. The monoisotopic (exact) mass is 550 g/mol. The zero-order valence-corrected chi connectivity index (χ0v) is 22.4. The fraction of sp³-hybridized carbons (Fsp3) is 0.400. The summed E-state index contributed by atoms with van der Waals surface area (Å²) in [6.45, 7) is 5.52. The first kappa shape index (κ1) is 26.9. The van der Waals surface area contributed by atoms with E-state index < -0.39 is 39.0 Å². The van der Waals surface area contributed by atoms with Gasteiger partial charge in [-0.2, -0.15) is 0 Å². The molecule has 0 bridgehead atoms. The molecule has 4 rings (SSSR count). The van der Waals surface area contributed by atoms with Crippen LogP contribution in [0.1, 0.15) is 44.0 Å². The molecular formula is C25H28ClFN4O5S. The molecule has 2 aliphatic rings. The van der Waals surface area contributed by atoms with Crippen LogP contribution in [0.4, 0.5) is 4.39 Å². The van der Waals surface area contributed by atoms with Gasteiger partial charge in [0.1, 0.15) is 32.6 Å². The van der Waals surface area contributed by atoms with E-state index in [1.807, 2.05) is 13.8 Å². The van der Waals surface area contributed by atoms with Crippen LogP contribution in [0.3, 0.4) is 0 Å². The maximum Gasteiger partial charge on any atom is 0.266 e. The molecule has 1 aromatic carbocycles. The minimum atomic E-state index is -3.39. The highest BCUT2D eigenvalue weighted by atomic mass is 35.5. The van der Waals surface area contributed by atoms with Crippen LogP contribution in [0.15, 0.2) is 46.6 Å². The van der Waals surface area contributed by atoms with Gasteiger partial charge in [-0.3, -0.25) is 9.52 Å². The van der Waals surface area contributed by atoms with Crippen LogP contribution in [0, 0.1) is 10.6 Å². The highest BCUT2D eigenvalue weighted by Crippen LogP contribution is 2.38. The van der Waals surface area contributed by atoms with E-state index in [4.69, 9.17) is 30.6 Å². The van der Waals surface area contributed by atoms with Crippen molar-refractivity contribution in [2.45, 2.75) is 57.1 Å². The Morgan fingerprint density at radius 2 is 2.03 bits per heavy atom. The molecule has 1 amide bonds. The maximum absolute atomic E-state index is 15.3. The van der Waals surface area contributed by atoms with Gasteiger partial charge < -0.3 is 14.2 Å². The van der Waals surface area contributed by atoms with E-state index in [0.717, 1.165) is 6.07 Å². The van der Waals surface area contributed by atoms with E-state index in [1.165, 1.54) is 19.4 Å². The summed E-state index contributed by atoms with van der Waals surface area (Å²) in [6.07, 6.45) is 3.53. The molecule has 2 N–H and O–H groups in total. The third-order valence-electron chi connectivity index (χ3n) is 5.73. The predicted molar refractivity (Wildman–Crippen MR) is 139 cm³/mol. The van der Waals surface area contributed by atoms with Crippen LogP contribution in [0.2, 0.25) is 0 Å². The van der Waals surface area contributed by atoms with E-state index in [9.17, 15) is 9.00 Å². The number of dihydropyridines is 1. The molecule has 0 saturated heterocycles. The first-order valence-electron chi connectivity index (χ1n) is 11.7. The number of aliphatic imine (C=N–C) groups is 1. The van der Waals surface area contributed by atoms with Crippen molar-refractivity contribution in [2.24, 2.45) is 4.99 Å². The average Bonchev–Trinajstić information content (AvgIpc) is 3.68. The van der Waals surface area contributed by atoms with Crippen LogP contribution in [-0.4, -0.2) is 51.6 Å². The van der Waals surface area contributed by atoms with Crippen molar-refractivity contribution >= 4 is 33.3 Å². The molecule has 12 heteroatoms. The van der Waals surface area contributed by atoms with Crippen molar-refractivity contribution < 1.29 is 27.6 Å². The van der Waals surface area contributed by atoms with Gasteiger partial charge in [-0.05, 0) is 57.9 Å². The summed E-state index contributed by atoms with van der Waals surface area (Å²) < 4.78 is 55.1. The maximum atomic E-state index is 15.3. The number of pyridine rings is 1. The smallest absolute Gasteiger partial charge is 0.266 e. The Hall–Kier alpha value is -3.18. The largest absolute Gasteiger partial charge is 0.483 e. The molecule has 2 heterocycles. The molecule has 1 fully saturated rings. The van der Waals surface area contributed by atoms with Gasteiger partial charge in [0.25, 0.3) is 5.91 Å². The van der Waals surface area contributed by atoms with Gasteiger partial charge >= 0.3 is 0 Å². The Balaban J connectivity index is 1.74. The number of hydrogen-bond donors (Lipinski definition) is 2. The summed E-state index contributed by atoms with van der Waals surface area (Å²) in [4.78, 5) is 21.5. The highest BCUT2D eigenvalue weighted by molar-refractivity contribution is 7.92. The Labute approximate surface area is 220 Å². The number of rotatable bonds is 8. The van der Waals surface area contributed by atoms with Gasteiger partial charge in [-0.15, -0.1) is 0 Å². The Bertz CT molecular complexity index is 1380. The van der Waals surface area contributed by atoms with Gasteiger partial charge in [0.05, 0.1) is 30.1 Å². The zero-order chi connectivity index (χ0) is 26.9. The van der Waals surface area contributed by atoms with E-state index in [1.54, 1.807) is 25.1 Å². The lowest BCUT2D eigenvalue weighted by Gasteiger charge is -2.27. The number of amides is 1. The van der Waals surface area contributed by atoms with Crippen molar-refractivity contribution in [2.75, 3.05) is 7.11 Å². The normalized spacial score (nSPS) is 20.9. The van der Waals surface area contributed by atoms with E-state index in [-0.39, 0.29) is 28.3 Å². The van der Waals surface area contributed by atoms with Gasteiger partial charge in [0.2, 0.25) is 11.8 Å². The summed E-state index contributed by atoms with van der Waals surface area (Å²) in [7, 11) is -1.95. The number of nitrogens with one attached hydrogen (secondary N) is 2. The van der Waals surface area contributed by atoms with Crippen molar-refractivity contribution in [3.05, 3.63) is 53.0 Å². The Morgan fingerprint density at radius 1 is 1.30 bits per heavy atom. The number of benzene rings is 1. The zero-order valence-electron chi connectivity index (χ0n) is 20.8. The van der Waals surface area contributed by atoms with Crippen molar-refractivity contribution in [1.82, 2.24) is 9.71 Å². The van der Waals surface area contributed by atoms with Crippen LogP contribution < -0.4 is 14.2 Å². The molecule has 1 saturated carbocycles. The molecule has 9 nitrogen and oxygen atoms in total. The fourth-order valence-corrected chi connectivity index (χ4v) is 5.30. The first-order valence-corrected chi connectivity index (χ1v) is 13.7. The van der Waals surface area contributed by atoms with Crippen LogP contribution in [0.25, 0.3) is 11.1 Å². The summed E-state index contributed by atoms with van der Waals surface area (Å²) in [5, 5.41) is -0.159. The summed E-state index contributed by atoms with van der Waals surface area (Å²) >= 11 is 6.37. The fourth-order valence-electron chi connectivity index (χ4n) is 3.74. The summed E-state index contributed by atoms with van der Waals surface area (Å²) in [5.41, 5.74) is 0.364. The molecule has 37 heavy (non-hydrogen) atoms. The molecule has 3 unspecified atom stereocenters. The predicted octanol–water partition coefficient (Wildman–Crippen LogP) is 4.85. The number of carbonyl (C=O) groups excluding carboxylic acids is 1. The molecule has 2 aromatic rings. The number of halogens is 2. The lowest BCUT2D eigenvalue weighted by Crippen LogP contribution is -2.33. The topological polar surface area (TPSA) is 123 Å². The molecule has 0 radical (unpaired) electrons. The lowest BCUT2D eigenvalue weighted by molar-refractivity contribution is 0.0978. The first-order chi connectivity index (χ1) is 17.5. The molecule has 3 atom stereocenters. The van der Waals surface area contributed by atoms with E-state index in [0.29, 0.717) is 29.9 Å². The van der Waals surface area contributed by atoms with Crippen molar-refractivity contribution in [3.63, 3.8) is 0 Å². The molecule has 198 valence electrons. The minimum absolute atomic E-state index is 0.0927. The van der Waals surface area contributed by atoms with Gasteiger partial charge in [0.15, 0.2) is 0 Å². The number of hydrogen-bond acceptors (Lipinski definition) is 8. The molecular weight excluding hydrogens is 523 g/mol. The number of nitrogens with zero attached hydrogens (tertiary/aromatic N) is 2. The van der Waals surface area contributed by atoms with Gasteiger partial charge in [0, 0.05) is 23.4 Å². The van der Waals surface area contributed by atoms with Crippen molar-refractivity contribution in [3.8, 4) is 22.8 Å². The molecule has 1 aliphatic carbocycles. The second kappa shape index (κ2) is 10.7. The number of aromatic nitrogens is 1.